The van der Waals surface area contributed by atoms with E-state index in [0.717, 1.165) is 25.5 Å². The van der Waals surface area contributed by atoms with Crippen molar-refractivity contribution in [3.63, 3.8) is 0 Å². The molecule has 1 rings (SSSR count). The molecule has 0 aromatic carbocycles. The molecule has 1 aliphatic heterocycles. The van der Waals surface area contributed by atoms with Crippen molar-refractivity contribution in [3.8, 4) is 0 Å². The summed E-state index contributed by atoms with van der Waals surface area (Å²) in [6.45, 7) is 14.6. The van der Waals surface area contributed by atoms with Crippen LogP contribution in [0.5, 0.6) is 0 Å². The van der Waals surface area contributed by atoms with E-state index in [1.807, 2.05) is 41.5 Å². The van der Waals surface area contributed by atoms with Gasteiger partial charge >= 0.3 is 6.09 Å². The second-order valence-corrected chi connectivity index (χ2v) is 7.76. The Morgan fingerprint density at radius 2 is 1.93 bits per heavy atom. The standard InChI is InChI=1S/C18H35N5O3.HI/c1-7-19-16(21-10-9-20-15(24)13(2)3)23-11-8-14(12-23)22-17(25)26-18(4,5)6;/h13-14H,7-12H2,1-6H3,(H,19,21)(H,20,24)(H,22,25);1H. The lowest BCUT2D eigenvalue weighted by molar-refractivity contribution is -0.123. The van der Waals surface area contributed by atoms with Crippen LogP contribution in [-0.2, 0) is 9.53 Å². The topological polar surface area (TPSA) is 95.1 Å². The van der Waals surface area contributed by atoms with E-state index in [4.69, 9.17) is 4.74 Å². The highest BCUT2D eigenvalue weighted by molar-refractivity contribution is 14.0. The van der Waals surface area contributed by atoms with Gasteiger partial charge in [0.05, 0.1) is 12.6 Å². The van der Waals surface area contributed by atoms with E-state index >= 15 is 0 Å². The zero-order valence-electron chi connectivity index (χ0n) is 17.4. The summed E-state index contributed by atoms with van der Waals surface area (Å²) in [5.74, 6) is 0.818. The number of hydrogen-bond acceptors (Lipinski definition) is 4. The SMILES string of the molecule is CCNC(=NCCNC(=O)C(C)C)N1CCC(NC(=O)OC(C)(C)C)C1.I. The van der Waals surface area contributed by atoms with Gasteiger partial charge in [0.1, 0.15) is 5.60 Å². The van der Waals surface area contributed by atoms with Crippen LogP contribution < -0.4 is 16.0 Å². The van der Waals surface area contributed by atoms with E-state index in [0.29, 0.717) is 19.6 Å². The number of hydrogen-bond donors (Lipinski definition) is 3. The molecule has 0 bridgehead atoms. The molecule has 2 amide bonds. The third-order valence-corrected chi connectivity index (χ3v) is 3.74. The Morgan fingerprint density at radius 1 is 1.26 bits per heavy atom. The number of carbonyl (C=O) groups excluding carboxylic acids is 2. The van der Waals surface area contributed by atoms with Gasteiger partial charge in [-0.2, -0.15) is 0 Å². The zero-order valence-corrected chi connectivity index (χ0v) is 19.8. The summed E-state index contributed by atoms with van der Waals surface area (Å²) in [5, 5.41) is 9.04. The van der Waals surface area contributed by atoms with Crippen LogP contribution in [0.1, 0.15) is 48.0 Å². The van der Waals surface area contributed by atoms with Gasteiger partial charge < -0.3 is 25.6 Å². The fourth-order valence-electron chi connectivity index (χ4n) is 2.52. The Labute approximate surface area is 180 Å². The van der Waals surface area contributed by atoms with Crippen molar-refractivity contribution < 1.29 is 14.3 Å². The molecule has 0 radical (unpaired) electrons. The van der Waals surface area contributed by atoms with Crippen LogP contribution in [0.4, 0.5) is 4.79 Å². The van der Waals surface area contributed by atoms with Gasteiger partial charge in [0.15, 0.2) is 5.96 Å². The Hall–Kier alpha value is -1.26. The third kappa shape index (κ3) is 10.6. The highest BCUT2D eigenvalue weighted by Gasteiger charge is 2.27. The summed E-state index contributed by atoms with van der Waals surface area (Å²) >= 11 is 0. The van der Waals surface area contributed by atoms with E-state index < -0.39 is 5.60 Å². The molecule has 0 aromatic rings. The van der Waals surface area contributed by atoms with Gasteiger partial charge in [-0.3, -0.25) is 9.79 Å². The van der Waals surface area contributed by atoms with Crippen molar-refractivity contribution in [2.75, 3.05) is 32.7 Å². The first-order valence-electron chi connectivity index (χ1n) is 9.43. The molecule has 0 spiro atoms. The van der Waals surface area contributed by atoms with Gasteiger partial charge in [0.2, 0.25) is 5.91 Å². The average molecular weight is 497 g/mol. The lowest BCUT2D eigenvalue weighted by atomic mass is 10.2. The van der Waals surface area contributed by atoms with Crippen LogP contribution in [0.25, 0.3) is 0 Å². The molecule has 9 heteroatoms. The number of halogens is 1. The first-order chi connectivity index (χ1) is 12.1. The van der Waals surface area contributed by atoms with Crippen LogP contribution in [0.3, 0.4) is 0 Å². The van der Waals surface area contributed by atoms with Gasteiger partial charge in [0, 0.05) is 32.1 Å². The zero-order chi connectivity index (χ0) is 19.7. The molecule has 158 valence electrons. The van der Waals surface area contributed by atoms with Crippen LogP contribution in [-0.4, -0.2) is 67.2 Å². The largest absolute Gasteiger partial charge is 0.444 e. The lowest BCUT2D eigenvalue weighted by Gasteiger charge is -2.23. The Kier molecular flexibility index (Phi) is 11.7. The Balaban J connectivity index is 0.00000676. The molecule has 1 atom stereocenters. The molecule has 0 saturated carbocycles. The number of nitrogens with one attached hydrogen (secondary N) is 3. The fourth-order valence-corrected chi connectivity index (χ4v) is 2.52. The van der Waals surface area contributed by atoms with Gasteiger partial charge in [-0.05, 0) is 34.1 Å². The van der Waals surface area contributed by atoms with Gasteiger partial charge in [0.25, 0.3) is 0 Å². The van der Waals surface area contributed by atoms with Crippen molar-refractivity contribution in [1.29, 1.82) is 0 Å². The second kappa shape index (κ2) is 12.2. The summed E-state index contributed by atoms with van der Waals surface area (Å²) in [5.41, 5.74) is -0.501. The number of nitrogens with zero attached hydrogens (tertiary/aromatic N) is 2. The summed E-state index contributed by atoms with van der Waals surface area (Å²) < 4.78 is 5.31. The molecule has 1 saturated heterocycles. The van der Waals surface area contributed by atoms with Crippen LogP contribution in [0.2, 0.25) is 0 Å². The lowest BCUT2D eigenvalue weighted by Crippen LogP contribution is -2.44. The van der Waals surface area contributed by atoms with Gasteiger partial charge in [-0.1, -0.05) is 13.8 Å². The average Bonchev–Trinajstić information content (AvgIpc) is 2.96. The van der Waals surface area contributed by atoms with E-state index in [1.165, 1.54) is 0 Å². The molecule has 0 aromatic heterocycles. The van der Waals surface area contributed by atoms with Crippen molar-refractivity contribution in [1.82, 2.24) is 20.9 Å². The maximum absolute atomic E-state index is 11.9. The first kappa shape index (κ1) is 25.7. The second-order valence-electron chi connectivity index (χ2n) is 7.76. The van der Waals surface area contributed by atoms with E-state index in [2.05, 4.69) is 25.8 Å². The van der Waals surface area contributed by atoms with Crippen molar-refractivity contribution in [2.24, 2.45) is 10.9 Å². The number of guanidine groups is 1. The van der Waals surface area contributed by atoms with Crippen LogP contribution in [0.15, 0.2) is 4.99 Å². The molecule has 1 aliphatic rings. The summed E-state index contributed by atoms with van der Waals surface area (Å²) in [4.78, 5) is 30.2. The number of carbonyl (C=O) groups is 2. The fraction of sp³-hybridized carbons (Fsp3) is 0.833. The highest BCUT2D eigenvalue weighted by atomic mass is 127. The molecule has 1 unspecified atom stereocenters. The monoisotopic (exact) mass is 497 g/mol. The molecular weight excluding hydrogens is 461 g/mol. The number of rotatable bonds is 6. The molecule has 3 N–H and O–H groups in total. The Morgan fingerprint density at radius 3 is 2.48 bits per heavy atom. The predicted molar refractivity (Wildman–Crippen MR) is 119 cm³/mol. The maximum atomic E-state index is 11.9. The summed E-state index contributed by atoms with van der Waals surface area (Å²) in [6, 6.07) is 0.0364. The van der Waals surface area contributed by atoms with E-state index in [9.17, 15) is 9.59 Å². The van der Waals surface area contributed by atoms with Crippen molar-refractivity contribution in [2.45, 2.75) is 59.6 Å². The number of likely N-dealkylation sites (tertiary alicyclic amines) is 1. The van der Waals surface area contributed by atoms with Crippen molar-refractivity contribution >= 4 is 41.9 Å². The molecule has 8 nitrogen and oxygen atoms in total. The van der Waals surface area contributed by atoms with E-state index in [1.54, 1.807) is 0 Å². The minimum Gasteiger partial charge on any atom is -0.444 e. The molecule has 1 fully saturated rings. The molecule has 0 aliphatic carbocycles. The number of alkyl carbamates (subject to hydrolysis) is 1. The first-order valence-corrected chi connectivity index (χ1v) is 9.43. The molecule has 1 heterocycles. The molecule has 27 heavy (non-hydrogen) atoms. The Bertz CT molecular complexity index is 506. The number of amides is 2. The third-order valence-electron chi connectivity index (χ3n) is 3.74. The minimum absolute atomic E-state index is 0. The van der Waals surface area contributed by atoms with Crippen LogP contribution in [0, 0.1) is 5.92 Å². The van der Waals surface area contributed by atoms with Crippen LogP contribution >= 0.6 is 24.0 Å². The minimum atomic E-state index is -0.501. The highest BCUT2D eigenvalue weighted by Crippen LogP contribution is 2.12. The normalized spacial score (nSPS) is 17.4. The van der Waals surface area contributed by atoms with Gasteiger partial charge in [-0.25, -0.2) is 4.79 Å². The van der Waals surface area contributed by atoms with Crippen molar-refractivity contribution in [3.05, 3.63) is 0 Å². The van der Waals surface area contributed by atoms with Gasteiger partial charge in [-0.15, -0.1) is 24.0 Å². The smallest absolute Gasteiger partial charge is 0.407 e. The number of ether oxygens (including phenoxy) is 1. The summed E-state index contributed by atoms with van der Waals surface area (Å²) in [7, 11) is 0. The maximum Gasteiger partial charge on any atom is 0.407 e. The molecular formula is C18H36IN5O3. The predicted octanol–water partition coefficient (Wildman–Crippen LogP) is 1.94. The number of aliphatic imine (C=N–C) groups is 1. The van der Waals surface area contributed by atoms with E-state index in [-0.39, 0.29) is 47.9 Å². The summed E-state index contributed by atoms with van der Waals surface area (Å²) in [6.07, 6.45) is 0.455. The quantitative estimate of drug-likeness (QED) is 0.226.